The van der Waals surface area contributed by atoms with E-state index in [1.54, 1.807) is 0 Å². The van der Waals surface area contributed by atoms with Crippen LogP contribution in [0, 0.1) is 0 Å². The van der Waals surface area contributed by atoms with Gasteiger partial charge in [0.25, 0.3) is 0 Å². The second-order valence-corrected chi connectivity index (χ2v) is 6.30. The van der Waals surface area contributed by atoms with Gasteiger partial charge in [-0.3, -0.25) is 4.90 Å². The van der Waals surface area contributed by atoms with Gasteiger partial charge >= 0.3 is 0 Å². The van der Waals surface area contributed by atoms with Crippen molar-refractivity contribution in [2.24, 2.45) is 0 Å². The molecule has 1 aromatic rings. The summed E-state index contributed by atoms with van der Waals surface area (Å²) in [5, 5.41) is 13.2. The third-order valence-corrected chi connectivity index (χ3v) is 4.20. The molecular formula is C14H21BrN2O. The monoisotopic (exact) mass is 312 g/mol. The number of nitrogens with one attached hydrogen (secondary N) is 1. The van der Waals surface area contributed by atoms with Gasteiger partial charge in [-0.2, -0.15) is 0 Å². The fraction of sp³-hybridized carbons (Fsp3) is 0.571. The fourth-order valence-corrected chi connectivity index (χ4v) is 2.72. The summed E-state index contributed by atoms with van der Waals surface area (Å²) < 4.78 is 1.07. The van der Waals surface area contributed by atoms with E-state index >= 15 is 0 Å². The molecule has 1 unspecified atom stereocenters. The van der Waals surface area contributed by atoms with E-state index in [9.17, 15) is 5.11 Å². The first-order valence-corrected chi connectivity index (χ1v) is 7.23. The molecule has 1 atom stereocenters. The molecule has 0 bridgehead atoms. The normalized spacial score (nSPS) is 24.7. The quantitative estimate of drug-likeness (QED) is 0.897. The first-order chi connectivity index (χ1) is 8.54. The van der Waals surface area contributed by atoms with E-state index in [2.05, 4.69) is 40.0 Å². The Kier molecular flexibility index (Phi) is 4.30. The SMILES string of the molecule is CC(C)N1CCC(CO)(Nc2ccc(Br)cc2)C1. The summed E-state index contributed by atoms with van der Waals surface area (Å²) in [5.74, 6) is 0. The van der Waals surface area contributed by atoms with Crippen LogP contribution in [0.1, 0.15) is 20.3 Å². The molecular weight excluding hydrogens is 292 g/mol. The number of hydrogen-bond donors (Lipinski definition) is 2. The van der Waals surface area contributed by atoms with Crippen molar-refractivity contribution in [3.8, 4) is 0 Å². The van der Waals surface area contributed by atoms with E-state index in [1.807, 2.05) is 24.3 Å². The Labute approximate surface area is 117 Å². The van der Waals surface area contributed by atoms with Crippen LogP contribution in [0.15, 0.2) is 28.7 Å². The molecule has 1 fully saturated rings. The highest BCUT2D eigenvalue weighted by molar-refractivity contribution is 9.10. The van der Waals surface area contributed by atoms with E-state index in [0.29, 0.717) is 6.04 Å². The van der Waals surface area contributed by atoms with Crippen LogP contribution in [0.4, 0.5) is 5.69 Å². The lowest BCUT2D eigenvalue weighted by atomic mass is 9.99. The van der Waals surface area contributed by atoms with Crippen LogP contribution in [0.25, 0.3) is 0 Å². The largest absolute Gasteiger partial charge is 0.394 e. The van der Waals surface area contributed by atoms with Crippen LogP contribution in [-0.4, -0.2) is 41.3 Å². The Morgan fingerprint density at radius 1 is 1.39 bits per heavy atom. The minimum absolute atomic E-state index is 0.173. The molecule has 0 aromatic heterocycles. The van der Waals surface area contributed by atoms with E-state index in [0.717, 1.165) is 29.7 Å². The molecule has 18 heavy (non-hydrogen) atoms. The second-order valence-electron chi connectivity index (χ2n) is 5.38. The molecule has 0 saturated carbocycles. The molecule has 0 spiro atoms. The number of aliphatic hydroxyl groups is 1. The molecule has 0 aliphatic carbocycles. The number of rotatable bonds is 4. The summed E-state index contributed by atoms with van der Waals surface area (Å²) in [4.78, 5) is 2.40. The summed E-state index contributed by atoms with van der Waals surface area (Å²) in [6, 6.07) is 8.65. The van der Waals surface area contributed by atoms with E-state index in [1.165, 1.54) is 0 Å². The summed E-state index contributed by atoms with van der Waals surface area (Å²) in [7, 11) is 0. The van der Waals surface area contributed by atoms with Gasteiger partial charge < -0.3 is 10.4 Å². The molecule has 0 radical (unpaired) electrons. The zero-order chi connectivity index (χ0) is 13.2. The van der Waals surface area contributed by atoms with Gasteiger partial charge in [0.2, 0.25) is 0 Å². The molecule has 1 saturated heterocycles. The molecule has 1 aromatic carbocycles. The Morgan fingerprint density at radius 3 is 2.56 bits per heavy atom. The highest BCUT2D eigenvalue weighted by Crippen LogP contribution is 2.27. The average Bonchev–Trinajstić information content (AvgIpc) is 2.77. The summed E-state index contributed by atoms with van der Waals surface area (Å²) in [5.41, 5.74) is 0.871. The Morgan fingerprint density at radius 2 is 2.06 bits per heavy atom. The molecule has 2 N–H and O–H groups in total. The lowest BCUT2D eigenvalue weighted by Crippen LogP contribution is -2.45. The molecule has 0 amide bonds. The molecule has 2 rings (SSSR count). The minimum atomic E-state index is -0.196. The summed E-state index contributed by atoms with van der Waals surface area (Å²) in [6.07, 6.45) is 0.984. The van der Waals surface area contributed by atoms with Crippen LogP contribution >= 0.6 is 15.9 Å². The number of likely N-dealkylation sites (tertiary alicyclic amines) is 1. The van der Waals surface area contributed by atoms with Crippen molar-refractivity contribution in [3.63, 3.8) is 0 Å². The number of benzene rings is 1. The van der Waals surface area contributed by atoms with Crippen molar-refractivity contribution in [1.29, 1.82) is 0 Å². The topological polar surface area (TPSA) is 35.5 Å². The maximum absolute atomic E-state index is 9.73. The molecule has 1 aliphatic rings. The van der Waals surface area contributed by atoms with Crippen LogP contribution in [0.2, 0.25) is 0 Å². The van der Waals surface area contributed by atoms with Crippen molar-refractivity contribution in [2.45, 2.75) is 31.8 Å². The van der Waals surface area contributed by atoms with Crippen LogP contribution in [-0.2, 0) is 0 Å². The highest BCUT2D eigenvalue weighted by atomic mass is 79.9. The van der Waals surface area contributed by atoms with Crippen molar-refractivity contribution < 1.29 is 5.11 Å². The van der Waals surface area contributed by atoms with Crippen molar-refractivity contribution in [2.75, 3.05) is 25.0 Å². The zero-order valence-electron chi connectivity index (χ0n) is 11.0. The maximum atomic E-state index is 9.73. The number of halogens is 1. The minimum Gasteiger partial charge on any atom is -0.394 e. The Hall–Kier alpha value is -0.580. The van der Waals surface area contributed by atoms with Crippen LogP contribution in [0.3, 0.4) is 0 Å². The van der Waals surface area contributed by atoms with Crippen molar-refractivity contribution in [1.82, 2.24) is 4.90 Å². The predicted octanol–water partition coefficient (Wildman–Crippen LogP) is 2.71. The van der Waals surface area contributed by atoms with Crippen LogP contribution < -0.4 is 5.32 Å². The zero-order valence-corrected chi connectivity index (χ0v) is 12.6. The van der Waals surface area contributed by atoms with Gasteiger partial charge in [0.15, 0.2) is 0 Å². The molecule has 100 valence electrons. The van der Waals surface area contributed by atoms with E-state index < -0.39 is 0 Å². The lowest BCUT2D eigenvalue weighted by molar-refractivity contribution is 0.196. The smallest absolute Gasteiger partial charge is 0.0742 e. The number of aliphatic hydroxyl groups excluding tert-OH is 1. The van der Waals surface area contributed by atoms with E-state index in [4.69, 9.17) is 0 Å². The Bertz CT molecular complexity index is 393. The number of hydrogen-bond acceptors (Lipinski definition) is 3. The summed E-state index contributed by atoms with van der Waals surface area (Å²) in [6.45, 7) is 6.52. The maximum Gasteiger partial charge on any atom is 0.0742 e. The first kappa shape index (κ1) is 13.8. The second kappa shape index (κ2) is 5.59. The molecule has 3 nitrogen and oxygen atoms in total. The van der Waals surface area contributed by atoms with Crippen molar-refractivity contribution >= 4 is 21.6 Å². The van der Waals surface area contributed by atoms with Gasteiger partial charge in [0, 0.05) is 29.3 Å². The first-order valence-electron chi connectivity index (χ1n) is 6.43. The molecule has 4 heteroatoms. The molecule has 1 aliphatic heterocycles. The lowest BCUT2D eigenvalue weighted by Gasteiger charge is -2.31. The third-order valence-electron chi connectivity index (χ3n) is 3.67. The summed E-state index contributed by atoms with van der Waals surface area (Å²) >= 11 is 3.43. The van der Waals surface area contributed by atoms with Gasteiger partial charge in [0.05, 0.1) is 12.1 Å². The number of nitrogens with zero attached hydrogens (tertiary/aromatic N) is 1. The predicted molar refractivity (Wildman–Crippen MR) is 78.9 cm³/mol. The number of anilines is 1. The van der Waals surface area contributed by atoms with Gasteiger partial charge in [0.1, 0.15) is 0 Å². The standard InChI is InChI=1S/C14H21BrN2O/c1-11(2)17-8-7-14(9-17,10-18)16-13-5-3-12(15)4-6-13/h3-6,11,16,18H,7-10H2,1-2H3. The van der Waals surface area contributed by atoms with Gasteiger partial charge in [-0.05, 0) is 44.5 Å². The van der Waals surface area contributed by atoms with Crippen molar-refractivity contribution in [3.05, 3.63) is 28.7 Å². The van der Waals surface area contributed by atoms with Gasteiger partial charge in [-0.25, -0.2) is 0 Å². The van der Waals surface area contributed by atoms with E-state index in [-0.39, 0.29) is 12.1 Å². The average molecular weight is 313 g/mol. The third kappa shape index (κ3) is 3.05. The van der Waals surface area contributed by atoms with Crippen LogP contribution in [0.5, 0.6) is 0 Å². The van der Waals surface area contributed by atoms with Gasteiger partial charge in [-0.1, -0.05) is 15.9 Å². The Balaban J connectivity index is 2.08. The van der Waals surface area contributed by atoms with Gasteiger partial charge in [-0.15, -0.1) is 0 Å². The fourth-order valence-electron chi connectivity index (χ4n) is 2.46. The molecule has 1 heterocycles. The highest BCUT2D eigenvalue weighted by Gasteiger charge is 2.38.